The van der Waals surface area contributed by atoms with E-state index in [9.17, 15) is 14.9 Å². The third kappa shape index (κ3) is 4.15. The fraction of sp³-hybridized carbons (Fsp3) is 0.0455. The van der Waals surface area contributed by atoms with E-state index < -0.39 is 4.92 Å². The Morgan fingerprint density at radius 3 is 2.61 bits per heavy atom. The molecule has 0 saturated heterocycles. The van der Waals surface area contributed by atoms with E-state index in [2.05, 4.69) is 15.3 Å². The topological polar surface area (TPSA) is 102 Å². The first-order chi connectivity index (χ1) is 14.9. The first-order valence-corrected chi connectivity index (χ1v) is 9.64. The maximum Gasteiger partial charge on any atom is 0.292 e. The van der Waals surface area contributed by atoms with Crippen LogP contribution in [0.4, 0.5) is 22.9 Å². The van der Waals surface area contributed by atoms with E-state index in [4.69, 9.17) is 11.6 Å². The molecule has 4 aromatic rings. The molecule has 154 valence electrons. The first kappa shape index (κ1) is 20.2. The van der Waals surface area contributed by atoms with E-state index in [0.29, 0.717) is 16.4 Å². The highest BCUT2D eigenvalue weighted by Gasteiger charge is 2.17. The van der Waals surface area contributed by atoms with Crippen molar-refractivity contribution in [3.05, 3.63) is 103 Å². The number of hydrogen-bond acceptors (Lipinski definition) is 6. The van der Waals surface area contributed by atoms with Crippen LogP contribution in [0.25, 0.3) is 5.65 Å². The van der Waals surface area contributed by atoms with Crippen LogP contribution in [0, 0.1) is 17.0 Å². The number of aliphatic imine (C=N–C) groups is 1. The van der Waals surface area contributed by atoms with Gasteiger partial charge in [0, 0.05) is 23.5 Å². The molecule has 2 heterocycles. The van der Waals surface area contributed by atoms with Crippen molar-refractivity contribution in [2.45, 2.75) is 6.92 Å². The average molecular weight is 434 g/mol. The van der Waals surface area contributed by atoms with Crippen LogP contribution in [0.2, 0.25) is 5.02 Å². The molecule has 4 rings (SSSR count). The minimum atomic E-state index is -0.497. The largest absolute Gasteiger partial charge is 0.334 e. The number of nitrogens with one attached hydrogen (secondary N) is 1. The smallest absolute Gasteiger partial charge is 0.292 e. The second-order valence-electron chi connectivity index (χ2n) is 6.70. The maximum absolute atomic E-state index is 13.2. The predicted octanol–water partition coefficient (Wildman–Crippen LogP) is 5.06. The van der Waals surface area contributed by atoms with Gasteiger partial charge in [0.25, 0.3) is 11.2 Å². The molecular weight excluding hydrogens is 418 g/mol. The fourth-order valence-electron chi connectivity index (χ4n) is 3.06. The lowest BCUT2D eigenvalue weighted by Gasteiger charge is -2.12. The van der Waals surface area contributed by atoms with Gasteiger partial charge in [0.1, 0.15) is 22.7 Å². The minimum absolute atomic E-state index is 0.130. The molecule has 0 amide bonds. The molecular formula is C22H16ClN5O3. The van der Waals surface area contributed by atoms with Crippen LogP contribution in [0.5, 0.6) is 0 Å². The summed E-state index contributed by atoms with van der Waals surface area (Å²) in [6.45, 7) is 1.83. The van der Waals surface area contributed by atoms with E-state index in [1.807, 2.05) is 13.0 Å². The summed E-state index contributed by atoms with van der Waals surface area (Å²) in [6, 6.07) is 16.6. The van der Waals surface area contributed by atoms with Crippen molar-refractivity contribution in [1.82, 2.24) is 9.38 Å². The number of para-hydroxylation sites is 2. The molecule has 31 heavy (non-hydrogen) atoms. The number of benzene rings is 2. The van der Waals surface area contributed by atoms with Crippen molar-refractivity contribution >= 4 is 46.3 Å². The van der Waals surface area contributed by atoms with Gasteiger partial charge in [-0.25, -0.2) is 4.98 Å². The van der Waals surface area contributed by atoms with Gasteiger partial charge in [-0.15, -0.1) is 0 Å². The van der Waals surface area contributed by atoms with E-state index in [1.54, 1.807) is 54.7 Å². The molecule has 8 nitrogen and oxygen atoms in total. The highest BCUT2D eigenvalue weighted by molar-refractivity contribution is 6.30. The van der Waals surface area contributed by atoms with Gasteiger partial charge in [-0.3, -0.25) is 24.3 Å². The molecule has 0 atom stereocenters. The number of anilines is 2. The Bertz CT molecular complexity index is 1380. The number of aryl methyl sites for hydroxylation is 1. The predicted molar refractivity (Wildman–Crippen MR) is 121 cm³/mol. The van der Waals surface area contributed by atoms with Crippen molar-refractivity contribution in [1.29, 1.82) is 0 Å². The van der Waals surface area contributed by atoms with Crippen LogP contribution < -0.4 is 10.9 Å². The summed E-state index contributed by atoms with van der Waals surface area (Å²) in [5.41, 5.74) is 1.72. The third-order valence-electron chi connectivity index (χ3n) is 4.61. The molecule has 0 aliphatic heterocycles. The van der Waals surface area contributed by atoms with Crippen molar-refractivity contribution < 1.29 is 4.92 Å². The molecule has 0 unspecified atom stereocenters. The summed E-state index contributed by atoms with van der Waals surface area (Å²) >= 11 is 5.91. The number of rotatable bonds is 5. The Morgan fingerprint density at radius 2 is 1.87 bits per heavy atom. The summed E-state index contributed by atoms with van der Waals surface area (Å²) < 4.78 is 1.42. The molecule has 2 aromatic heterocycles. The van der Waals surface area contributed by atoms with Crippen LogP contribution in [0.15, 0.2) is 76.6 Å². The van der Waals surface area contributed by atoms with Crippen LogP contribution in [0.1, 0.15) is 11.1 Å². The summed E-state index contributed by atoms with van der Waals surface area (Å²) in [6.07, 6.45) is 3.01. The van der Waals surface area contributed by atoms with Crippen LogP contribution in [0.3, 0.4) is 0 Å². The van der Waals surface area contributed by atoms with Gasteiger partial charge in [0.05, 0.1) is 10.6 Å². The molecule has 0 radical (unpaired) electrons. The Morgan fingerprint density at radius 1 is 1.13 bits per heavy atom. The van der Waals surface area contributed by atoms with Gasteiger partial charge < -0.3 is 5.32 Å². The van der Waals surface area contributed by atoms with Gasteiger partial charge >= 0.3 is 0 Å². The SMILES string of the molecule is Cc1cccn2c(=O)c(C=Nc3ccc(Cl)cc3)c(Nc3ccccc3[N+](=O)[O-])nc12. The van der Waals surface area contributed by atoms with Crippen molar-refractivity contribution in [2.24, 2.45) is 4.99 Å². The normalized spacial score (nSPS) is 11.2. The monoisotopic (exact) mass is 433 g/mol. The number of fused-ring (bicyclic) bond motifs is 1. The molecule has 0 bridgehead atoms. The molecule has 0 fully saturated rings. The van der Waals surface area contributed by atoms with Gasteiger partial charge in [0.15, 0.2) is 0 Å². The fourth-order valence-corrected chi connectivity index (χ4v) is 3.18. The third-order valence-corrected chi connectivity index (χ3v) is 4.86. The molecule has 0 spiro atoms. The van der Waals surface area contributed by atoms with Crippen molar-refractivity contribution in [2.75, 3.05) is 5.32 Å². The highest BCUT2D eigenvalue weighted by Crippen LogP contribution is 2.27. The maximum atomic E-state index is 13.2. The Labute approximate surface area is 181 Å². The number of hydrogen-bond donors (Lipinski definition) is 1. The van der Waals surface area contributed by atoms with Gasteiger partial charge in [0.2, 0.25) is 0 Å². The number of aromatic nitrogens is 2. The molecule has 9 heteroatoms. The number of nitro groups is 1. The zero-order valence-corrected chi connectivity index (χ0v) is 17.1. The Hall–Kier alpha value is -4.04. The molecule has 1 N–H and O–H groups in total. The molecule has 2 aromatic carbocycles. The van der Waals surface area contributed by atoms with E-state index >= 15 is 0 Å². The highest BCUT2D eigenvalue weighted by atomic mass is 35.5. The van der Waals surface area contributed by atoms with Gasteiger partial charge in [-0.1, -0.05) is 29.8 Å². The van der Waals surface area contributed by atoms with Crippen LogP contribution in [-0.2, 0) is 0 Å². The number of nitrogens with zero attached hydrogens (tertiary/aromatic N) is 4. The Balaban J connectivity index is 1.89. The number of halogens is 1. The first-order valence-electron chi connectivity index (χ1n) is 9.26. The summed E-state index contributed by atoms with van der Waals surface area (Å²) in [5.74, 6) is 0.173. The van der Waals surface area contributed by atoms with E-state index in [-0.39, 0.29) is 28.3 Å². The second-order valence-corrected chi connectivity index (χ2v) is 7.13. The van der Waals surface area contributed by atoms with E-state index in [1.165, 1.54) is 16.7 Å². The summed E-state index contributed by atoms with van der Waals surface area (Å²) in [5, 5.41) is 14.9. The number of nitro benzene ring substituents is 1. The quantitative estimate of drug-likeness (QED) is 0.269. The Kier molecular flexibility index (Phi) is 5.46. The average Bonchev–Trinajstić information content (AvgIpc) is 2.76. The van der Waals surface area contributed by atoms with Crippen molar-refractivity contribution in [3.63, 3.8) is 0 Å². The lowest BCUT2D eigenvalue weighted by molar-refractivity contribution is -0.383. The molecule has 0 aliphatic rings. The number of pyridine rings is 1. The second kappa shape index (κ2) is 8.37. The molecule has 0 saturated carbocycles. The zero-order valence-electron chi connectivity index (χ0n) is 16.3. The summed E-state index contributed by atoms with van der Waals surface area (Å²) in [4.78, 5) is 33.1. The van der Waals surface area contributed by atoms with Gasteiger partial charge in [-0.05, 0) is 48.9 Å². The standard InChI is InChI=1S/C22H16ClN5O3/c1-14-5-4-12-27-21(14)26-20(25-18-6-2-3-7-19(18)28(30)31)17(22(27)29)13-24-16-10-8-15(23)9-11-16/h2-13,25H,1H3. The molecule has 0 aliphatic carbocycles. The zero-order chi connectivity index (χ0) is 22.0. The van der Waals surface area contributed by atoms with Gasteiger partial charge in [-0.2, -0.15) is 0 Å². The van der Waals surface area contributed by atoms with E-state index in [0.717, 1.165) is 5.56 Å². The van der Waals surface area contributed by atoms with Crippen molar-refractivity contribution in [3.8, 4) is 0 Å². The minimum Gasteiger partial charge on any atom is -0.334 e. The lowest BCUT2D eigenvalue weighted by Crippen LogP contribution is -2.22. The van der Waals surface area contributed by atoms with Crippen LogP contribution in [-0.4, -0.2) is 20.5 Å². The summed E-state index contributed by atoms with van der Waals surface area (Å²) in [7, 11) is 0. The van der Waals surface area contributed by atoms with Crippen LogP contribution >= 0.6 is 11.6 Å². The lowest BCUT2D eigenvalue weighted by atomic mass is 10.2.